The van der Waals surface area contributed by atoms with E-state index in [0.717, 1.165) is 11.1 Å². The number of aryl methyl sites for hydroxylation is 1. The predicted molar refractivity (Wildman–Crippen MR) is 78.7 cm³/mol. The normalized spacial score (nSPS) is 10.7. The molecule has 4 heteroatoms. The van der Waals surface area contributed by atoms with Gasteiger partial charge in [0, 0.05) is 0 Å². The minimum Gasteiger partial charge on any atom is -0.508 e. The molecule has 2 N–H and O–H groups in total. The third-order valence-electron chi connectivity index (χ3n) is 2.78. The zero-order valence-electron chi connectivity index (χ0n) is 11.2. The van der Waals surface area contributed by atoms with Crippen molar-refractivity contribution in [1.82, 2.24) is 5.43 Å². The van der Waals surface area contributed by atoms with Crippen LogP contribution in [0.15, 0.2) is 53.6 Å². The number of hydrogen-bond donors (Lipinski definition) is 2. The molecule has 0 heterocycles. The highest BCUT2D eigenvalue weighted by Gasteiger charge is 2.01. The summed E-state index contributed by atoms with van der Waals surface area (Å²) in [6.45, 7) is 2.01. The van der Waals surface area contributed by atoms with Gasteiger partial charge in [-0.1, -0.05) is 29.8 Å². The zero-order valence-corrected chi connectivity index (χ0v) is 11.2. The lowest BCUT2D eigenvalue weighted by atomic mass is 10.1. The molecule has 0 radical (unpaired) electrons. The lowest BCUT2D eigenvalue weighted by molar-refractivity contribution is -0.120. The molecule has 0 saturated carbocycles. The van der Waals surface area contributed by atoms with Crippen LogP contribution in [0, 0.1) is 6.92 Å². The molecule has 2 aromatic carbocycles. The summed E-state index contributed by atoms with van der Waals surface area (Å²) in [5.74, 6) is 0.0365. The molecule has 0 saturated heterocycles. The summed E-state index contributed by atoms with van der Waals surface area (Å²) in [6, 6.07) is 14.4. The minimum absolute atomic E-state index is 0.163. The third-order valence-corrected chi connectivity index (χ3v) is 2.78. The van der Waals surface area contributed by atoms with E-state index >= 15 is 0 Å². The van der Waals surface area contributed by atoms with Crippen molar-refractivity contribution in [3.63, 3.8) is 0 Å². The van der Waals surface area contributed by atoms with Gasteiger partial charge in [0.2, 0.25) is 5.91 Å². The largest absolute Gasteiger partial charge is 0.508 e. The van der Waals surface area contributed by atoms with Gasteiger partial charge in [0.1, 0.15) is 5.75 Å². The summed E-state index contributed by atoms with van der Waals surface area (Å²) in [5.41, 5.74) is 5.40. The van der Waals surface area contributed by atoms with E-state index in [1.165, 1.54) is 11.8 Å². The van der Waals surface area contributed by atoms with Crippen molar-refractivity contribution < 1.29 is 9.90 Å². The number of phenols is 1. The molecular formula is C16H16N2O2. The number of carbonyl (C=O) groups excluding carboxylic acids is 1. The maximum Gasteiger partial charge on any atom is 0.244 e. The monoisotopic (exact) mass is 268 g/mol. The van der Waals surface area contributed by atoms with Gasteiger partial charge < -0.3 is 5.11 Å². The molecule has 102 valence electrons. The first-order chi connectivity index (χ1) is 9.63. The van der Waals surface area contributed by atoms with Crippen molar-refractivity contribution in [1.29, 1.82) is 0 Å². The van der Waals surface area contributed by atoms with Gasteiger partial charge in [0.15, 0.2) is 0 Å². The lowest BCUT2D eigenvalue weighted by Gasteiger charge is -2.01. The van der Waals surface area contributed by atoms with E-state index in [1.807, 2.05) is 31.2 Å². The summed E-state index contributed by atoms with van der Waals surface area (Å²) in [6.07, 6.45) is 1.83. The first kappa shape index (κ1) is 13.8. The van der Waals surface area contributed by atoms with Crippen molar-refractivity contribution in [3.05, 3.63) is 65.2 Å². The van der Waals surface area contributed by atoms with E-state index < -0.39 is 0 Å². The average molecular weight is 268 g/mol. The lowest BCUT2D eigenvalue weighted by Crippen LogP contribution is -2.19. The number of hydrazone groups is 1. The van der Waals surface area contributed by atoms with Crippen molar-refractivity contribution in [2.75, 3.05) is 0 Å². The van der Waals surface area contributed by atoms with Crippen molar-refractivity contribution in [3.8, 4) is 5.75 Å². The highest BCUT2D eigenvalue weighted by molar-refractivity contribution is 5.83. The van der Waals surface area contributed by atoms with Crippen molar-refractivity contribution in [2.24, 2.45) is 5.10 Å². The molecule has 20 heavy (non-hydrogen) atoms. The molecule has 0 spiro atoms. The predicted octanol–water partition coefficient (Wildman–Crippen LogP) is 2.39. The number of rotatable bonds is 4. The maximum absolute atomic E-state index is 11.7. The number of benzene rings is 2. The van der Waals surface area contributed by atoms with Gasteiger partial charge in [-0.05, 0) is 42.3 Å². The molecule has 0 aliphatic rings. The van der Waals surface area contributed by atoms with Gasteiger partial charge in [-0.15, -0.1) is 0 Å². The minimum atomic E-state index is -0.163. The number of phenolic OH excluding ortho intramolecular Hbond substituents is 1. The summed E-state index contributed by atoms with van der Waals surface area (Å²) in [4.78, 5) is 11.7. The molecule has 0 atom stereocenters. The van der Waals surface area contributed by atoms with E-state index in [9.17, 15) is 4.79 Å². The number of nitrogens with zero attached hydrogens (tertiary/aromatic N) is 1. The molecule has 0 bridgehead atoms. The summed E-state index contributed by atoms with van der Waals surface area (Å²) >= 11 is 0. The fourth-order valence-electron chi connectivity index (χ4n) is 1.67. The molecule has 0 aliphatic heterocycles. The Morgan fingerprint density at radius 3 is 2.45 bits per heavy atom. The van der Waals surface area contributed by atoms with Gasteiger partial charge in [0.25, 0.3) is 0 Å². The SMILES string of the molecule is Cc1ccc(CC(=O)N/N=C/c2ccc(O)cc2)cc1. The fourth-order valence-corrected chi connectivity index (χ4v) is 1.67. The highest BCUT2D eigenvalue weighted by Crippen LogP contribution is 2.07. The van der Waals surface area contributed by atoms with Crippen LogP contribution in [-0.2, 0) is 11.2 Å². The van der Waals surface area contributed by atoms with E-state index in [0.29, 0.717) is 6.42 Å². The van der Waals surface area contributed by atoms with Gasteiger partial charge in [0.05, 0.1) is 12.6 Å². The van der Waals surface area contributed by atoms with Crippen LogP contribution >= 0.6 is 0 Å². The highest BCUT2D eigenvalue weighted by atomic mass is 16.3. The van der Waals surface area contributed by atoms with Gasteiger partial charge >= 0.3 is 0 Å². The third kappa shape index (κ3) is 4.24. The van der Waals surface area contributed by atoms with E-state index in [-0.39, 0.29) is 11.7 Å². The van der Waals surface area contributed by atoms with Crippen LogP contribution in [0.1, 0.15) is 16.7 Å². The van der Waals surface area contributed by atoms with Crippen LogP contribution in [0.5, 0.6) is 5.75 Å². The van der Waals surface area contributed by atoms with Crippen LogP contribution < -0.4 is 5.43 Å². The van der Waals surface area contributed by atoms with Gasteiger partial charge in [-0.2, -0.15) is 5.10 Å². The molecular weight excluding hydrogens is 252 g/mol. The summed E-state index contributed by atoms with van der Waals surface area (Å²) < 4.78 is 0. The van der Waals surface area contributed by atoms with E-state index in [2.05, 4.69) is 10.5 Å². The Bertz CT molecular complexity index is 601. The number of nitrogens with one attached hydrogen (secondary N) is 1. The number of amides is 1. The van der Waals surface area contributed by atoms with Crippen LogP contribution in [-0.4, -0.2) is 17.2 Å². The number of carbonyl (C=O) groups is 1. The van der Waals surface area contributed by atoms with Gasteiger partial charge in [-0.25, -0.2) is 5.43 Å². The smallest absolute Gasteiger partial charge is 0.244 e. The Morgan fingerprint density at radius 1 is 1.15 bits per heavy atom. The molecule has 0 unspecified atom stereocenters. The Balaban J connectivity index is 1.85. The molecule has 0 fully saturated rings. The first-order valence-corrected chi connectivity index (χ1v) is 6.30. The second-order valence-electron chi connectivity index (χ2n) is 4.55. The Kier molecular flexibility index (Phi) is 4.50. The average Bonchev–Trinajstić information content (AvgIpc) is 2.44. The van der Waals surface area contributed by atoms with E-state index in [1.54, 1.807) is 24.3 Å². The second kappa shape index (κ2) is 6.52. The standard InChI is InChI=1S/C16H16N2O2/c1-12-2-4-13(5-3-12)10-16(20)18-17-11-14-6-8-15(19)9-7-14/h2-9,11,19H,10H2,1H3,(H,18,20)/b17-11+. The van der Waals surface area contributed by atoms with Crippen molar-refractivity contribution >= 4 is 12.1 Å². The fraction of sp³-hybridized carbons (Fsp3) is 0.125. The van der Waals surface area contributed by atoms with Crippen LogP contribution in [0.2, 0.25) is 0 Å². The zero-order chi connectivity index (χ0) is 14.4. The maximum atomic E-state index is 11.7. The van der Waals surface area contributed by atoms with E-state index in [4.69, 9.17) is 5.11 Å². The van der Waals surface area contributed by atoms with Crippen LogP contribution in [0.4, 0.5) is 0 Å². The summed E-state index contributed by atoms with van der Waals surface area (Å²) in [5, 5.41) is 13.0. The number of aromatic hydroxyl groups is 1. The summed E-state index contributed by atoms with van der Waals surface area (Å²) in [7, 11) is 0. The van der Waals surface area contributed by atoms with Gasteiger partial charge in [-0.3, -0.25) is 4.79 Å². The molecule has 4 nitrogen and oxygen atoms in total. The second-order valence-corrected chi connectivity index (χ2v) is 4.55. The van der Waals surface area contributed by atoms with Crippen LogP contribution in [0.3, 0.4) is 0 Å². The molecule has 2 rings (SSSR count). The molecule has 2 aromatic rings. The van der Waals surface area contributed by atoms with Crippen molar-refractivity contribution in [2.45, 2.75) is 13.3 Å². The Labute approximate surface area is 117 Å². The first-order valence-electron chi connectivity index (χ1n) is 6.30. The number of hydrogen-bond acceptors (Lipinski definition) is 3. The Hall–Kier alpha value is -2.62. The van der Waals surface area contributed by atoms with Crippen LogP contribution in [0.25, 0.3) is 0 Å². The Morgan fingerprint density at radius 2 is 1.80 bits per heavy atom. The molecule has 0 aromatic heterocycles. The molecule has 1 amide bonds. The molecule has 0 aliphatic carbocycles. The topological polar surface area (TPSA) is 61.7 Å². The quantitative estimate of drug-likeness (QED) is 0.660.